The van der Waals surface area contributed by atoms with Gasteiger partial charge < -0.3 is 10.0 Å². The standard InChI is InChI=1S/C9H17NO/c1-3-9(7-11)10-6-4-5-8(10)2/h9,11H,2-7H2,1H3/t9-/m0/s1. The second-order valence-corrected chi connectivity index (χ2v) is 3.11. The number of hydrogen-bond donors (Lipinski definition) is 1. The molecule has 1 atom stereocenters. The Bertz CT molecular complexity index is 140. The molecule has 0 bridgehead atoms. The summed E-state index contributed by atoms with van der Waals surface area (Å²) in [6, 6.07) is 0.310. The Hall–Kier alpha value is -0.500. The molecule has 1 heterocycles. The lowest BCUT2D eigenvalue weighted by atomic mass is 10.2. The van der Waals surface area contributed by atoms with Crippen molar-refractivity contribution >= 4 is 0 Å². The molecule has 0 aromatic rings. The zero-order chi connectivity index (χ0) is 8.27. The Labute approximate surface area is 68.5 Å². The summed E-state index contributed by atoms with van der Waals surface area (Å²) >= 11 is 0. The first-order valence-corrected chi connectivity index (χ1v) is 4.34. The van der Waals surface area contributed by atoms with E-state index in [2.05, 4.69) is 18.4 Å². The summed E-state index contributed by atoms with van der Waals surface area (Å²) < 4.78 is 0. The maximum atomic E-state index is 9.02. The highest BCUT2D eigenvalue weighted by molar-refractivity contribution is 5.01. The minimum atomic E-state index is 0.259. The van der Waals surface area contributed by atoms with E-state index in [0.29, 0.717) is 6.04 Å². The quantitative estimate of drug-likeness (QED) is 0.665. The number of rotatable bonds is 3. The fourth-order valence-corrected chi connectivity index (χ4v) is 1.64. The van der Waals surface area contributed by atoms with Gasteiger partial charge in [-0.25, -0.2) is 0 Å². The number of nitrogens with zero attached hydrogens (tertiary/aromatic N) is 1. The average molecular weight is 155 g/mol. The Balaban J connectivity index is 2.49. The Morgan fingerprint density at radius 2 is 2.45 bits per heavy atom. The van der Waals surface area contributed by atoms with Crippen molar-refractivity contribution in [2.24, 2.45) is 0 Å². The molecule has 0 aliphatic carbocycles. The number of aliphatic hydroxyl groups excluding tert-OH is 1. The van der Waals surface area contributed by atoms with Crippen LogP contribution in [0.2, 0.25) is 0 Å². The first kappa shape index (κ1) is 8.60. The third-order valence-electron chi connectivity index (χ3n) is 2.39. The van der Waals surface area contributed by atoms with Gasteiger partial charge in [-0.3, -0.25) is 0 Å². The van der Waals surface area contributed by atoms with Gasteiger partial charge >= 0.3 is 0 Å². The minimum Gasteiger partial charge on any atom is -0.394 e. The van der Waals surface area contributed by atoms with E-state index in [1.165, 1.54) is 12.1 Å². The molecule has 0 aromatic carbocycles. The molecule has 1 rings (SSSR count). The Morgan fingerprint density at radius 1 is 1.73 bits per heavy atom. The molecule has 11 heavy (non-hydrogen) atoms. The Kier molecular flexibility index (Phi) is 2.94. The number of aliphatic hydroxyl groups is 1. The van der Waals surface area contributed by atoms with Crippen LogP contribution < -0.4 is 0 Å². The molecule has 1 saturated heterocycles. The summed E-state index contributed by atoms with van der Waals surface area (Å²) in [5, 5.41) is 9.02. The fourth-order valence-electron chi connectivity index (χ4n) is 1.64. The van der Waals surface area contributed by atoms with Gasteiger partial charge in [-0.2, -0.15) is 0 Å². The summed E-state index contributed by atoms with van der Waals surface area (Å²) in [7, 11) is 0. The topological polar surface area (TPSA) is 23.5 Å². The van der Waals surface area contributed by atoms with E-state index in [9.17, 15) is 0 Å². The monoisotopic (exact) mass is 155 g/mol. The summed E-state index contributed by atoms with van der Waals surface area (Å²) in [6.45, 7) is 7.41. The van der Waals surface area contributed by atoms with Crippen molar-refractivity contribution in [2.45, 2.75) is 32.2 Å². The van der Waals surface area contributed by atoms with Crippen LogP contribution in [0.4, 0.5) is 0 Å². The minimum absolute atomic E-state index is 0.259. The number of likely N-dealkylation sites (tertiary alicyclic amines) is 1. The van der Waals surface area contributed by atoms with Crippen LogP contribution in [0, 0.1) is 0 Å². The first-order chi connectivity index (χ1) is 5.29. The van der Waals surface area contributed by atoms with E-state index < -0.39 is 0 Å². The highest BCUT2D eigenvalue weighted by Gasteiger charge is 2.21. The lowest BCUT2D eigenvalue weighted by Crippen LogP contribution is -2.33. The van der Waals surface area contributed by atoms with E-state index in [4.69, 9.17) is 5.11 Å². The zero-order valence-electron chi connectivity index (χ0n) is 7.21. The molecule has 1 N–H and O–H groups in total. The van der Waals surface area contributed by atoms with Crippen molar-refractivity contribution < 1.29 is 5.11 Å². The molecule has 0 aromatic heterocycles. The summed E-state index contributed by atoms with van der Waals surface area (Å²) in [4.78, 5) is 2.24. The SMILES string of the molecule is C=C1CCCN1[C@@H](CC)CO. The highest BCUT2D eigenvalue weighted by atomic mass is 16.3. The van der Waals surface area contributed by atoms with Crippen LogP contribution in [0.3, 0.4) is 0 Å². The lowest BCUT2D eigenvalue weighted by molar-refractivity contribution is 0.163. The van der Waals surface area contributed by atoms with Crippen molar-refractivity contribution in [2.75, 3.05) is 13.2 Å². The van der Waals surface area contributed by atoms with Crippen molar-refractivity contribution in [1.82, 2.24) is 4.90 Å². The van der Waals surface area contributed by atoms with Gasteiger partial charge in [-0.15, -0.1) is 0 Å². The van der Waals surface area contributed by atoms with Crippen LogP contribution in [0.5, 0.6) is 0 Å². The molecule has 2 heteroatoms. The van der Waals surface area contributed by atoms with E-state index in [0.717, 1.165) is 19.4 Å². The highest BCUT2D eigenvalue weighted by Crippen LogP contribution is 2.22. The molecule has 0 radical (unpaired) electrons. The second-order valence-electron chi connectivity index (χ2n) is 3.11. The maximum Gasteiger partial charge on any atom is 0.0634 e. The van der Waals surface area contributed by atoms with Crippen molar-refractivity contribution in [3.63, 3.8) is 0 Å². The van der Waals surface area contributed by atoms with Gasteiger partial charge in [0.25, 0.3) is 0 Å². The van der Waals surface area contributed by atoms with E-state index in [1.54, 1.807) is 0 Å². The molecule has 64 valence electrons. The maximum absolute atomic E-state index is 9.02. The van der Waals surface area contributed by atoms with Gasteiger partial charge in [-0.1, -0.05) is 13.5 Å². The molecule has 0 unspecified atom stereocenters. The number of hydrogen-bond acceptors (Lipinski definition) is 2. The summed E-state index contributed by atoms with van der Waals surface area (Å²) in [6.07, 6.45) is 3.32. The number of allylic oxidation sites excluding steroid dienone is 1. The van der Waals surface area contributed by atoms with Gasteiger partial charge in [-0.05, 0) is 19.3 Å². The predicted molar refractivity (Wildman–Crippen MR) is 46.2 cm³/mol. The predicted octanol–water partition coefficient (Wildman–Crippen LogP) is 1.37. The molecule has 0 saturated carbocycles. The molecule has 1 aliphatic heterocycles. The molecule has 0 amide bonds. The second kappa shape index (κ2) is 3.77. The van der Waals surface area contributed by atoms with Crippen LogP contribution >= 0.6 is 0 Å². The van der Waals surface area contributed by atoms with Gasteiger partial charge in [0.2, 0.25) is 0 Å². The van der Waals surface area contributed by atoms with E-state index in [1.807, 2.05) is 0 Å². The average Bonchev–Trinajstić information content (AvgIpc) is 2.40. The smallest absolute Gasteiger partial charge is 0.0634 e. The molecule has 0 spiro atoms. The van der Waals surface area contributed by atoms with Gasteiger partial charge in [0, 0.05) is 12.2 Å². The fraction of sp³-hybridized carbons (Fsp3) is 0.778. The molecule has 1 fully saturated rings. The van der Waals surface area contributed by atoms with Crippen molar-refractivity contribution in [1.29, 1.82) is 0 Å². The zero-order valence-corrected chi connectivity index (χ0v) is 7.21. The van der Waals surface area contributed by atoms with E-state index in [-0.39, 0.29) is 6.61 Å². The lowest BCUT2D eigenvalue weighted by Gasteiger charge is -2.27. The first-order valence-electron chi connectivity index (χ1n) is 4.34. The molecular formula is C9H17NO. The normalized spacial score (nSPS) is 20.9. The Morgan fingerprint density at radius 3 is 2.82 bits per heavy atom. The summed E-state index contributed by atoms with van der Waals surface area (Å²) in [5.41, 5.74) is 1.20. The summed E-state index contributed by atoms with van der Waals surface area (Å²) in [5.74, 6) is 0. The van der Waals surface area contributed by atoms with Crippen LogP contribution in [0.25, 0.3) is 0 Å². The van der Waals surface area contributed by atoms with Gasteiger partial charge in [0.05, 0.1) is 12.6 Å². The van der Waals surface area contributed by atoms with Crippen molar-refractivity contribution in [3.05, 3.63) is 12.3 Å². The molecular weight excluding hydrogens is 138 g/mol. The van der Waals surface area contributed by atoms with Crippen LogP contribution in [-0.4, -0.2) is 29.2 Å². The van der Waals surface area contributed by atoms with E-state index >= 15 is 0 Å². The van der Waals surface area contributed by atoms with Crippen molar-refractivity contribution in [3.8, 4) is 0 Å². The molecule has 2 nitrogen and oxygen atoms in total. The molecule has 1 aliphatic rings. The largest absolute Gasteiger partial charge is 0.394 e. The van der Waals surface area contributed by atoms with Crippen LogP contribution in [0.1, 0.15) is 26.2 Å². The third kappa shape index (κ3) is 1.74. The van der Waals surface area contributed by atoms with Crippen LogP contribution in [-0.2, 0) is 0 Å². The van der Waals surface area contributed by atoms with Gasteiger partial charge in [0.1, 0.15) is 0 Å². The van der Waals surface area contributed by atoms with Gasteiger partial charge in [0.15, 0.2) is 0 Å². The third-order valence-corrected chi connectivity index (χ3v) is 2.39. The van der Waals surface area contributed by atoms with Crippen LogP contribution in [0.15, 0.2) is 12.3 Å².